The first-order valence-electron chi connectivity index (χ1n) is 13.7. The van der Waals surface area contributed by atoms with Crippen molar-refractivity contribution in [1.82, 2.24) is 4.57 Å². The highest BCUT2D eigenvalue weighted by molar-refractivity contribution is 8.03. The number of benzene rings is 5. The summed E-state index contributed by atoms with van der Waals surface area (Å²) in [6.07, 6.45) is 7.14. The molecule has 1 aliphatic heterocycles. The predicted molar refractivity (Wildman–Crippen MR) is 170 cm³/mol. The van der Waals surface area contributed by atoms with Crippen molar-refractivity contribution in [3.8, 4) is 16.8 Å². The molecule has 0 bridgehead atoms. The van der Waals surface area contributed by atoms with Crippen LogP contribution in [0.5, 0.6) is 0 Å². The molecular weight excluding hydrogens is 504 g/mol. The smallest absolute Gasteiger partial charge is 0.0547 e. The summed E-state index contributed by atoms with van der Waals surface area (Å²) < 4.78 is 2.36. The normalized spacial score (nSPS) is 15.9. The van der Waals surface area contributed by atoms with Gasteiger partial charge in [-0.1, -0.05) is 103 Å². The number of rotatable bonds is 4. The van der Waals surface area contributed by atoms with Crippen molar-refractivity contribution in [1.29, 1.82) is 5.41 Å². The van der Waals surface area contributed by atoms with E-state index in [-0.39, 0.29) is 0 Å². The molecule has 2 heterocycles. The third-order valence-electron chi connectivity index (χ3n) is 8.23. The lowest BCUT2D eigenvalue weighted by atomic mass is 9.87. The molecule has 0 fully saturated rings. The summed E-state index contributed by atoms with van der Waals surface area (Å²) in [5.41, 5.74) is 10.8. The molecule has 0 saturated heterocycles. The molecular formula is C37H26N2S. The number of nitrogens with zero attached hydrogens (tertiary/aromatic N) is 1. The summed E-state index contributed by atoms with van der Waals surface area (Å²) in [5, 5.41) is 10.3. The maximum Gasteiger partial charge on any atom is 0.0547 e. The number of hydrogen-bond acceptors (Lipinski definition) is 2. The van der Waals surface area contributed by atoms with Gasteiger partial charge in [-0.05, 0) is 76.2 Å². The van der Waals surface area contributed by atoms with Crippen molar-refractivity contribution in [2.75, 3.05) is 0 Å². The third kappa shape index (κ3) is 3.62. The molecule has 8 rings (SSSR count). The van der Waals surface area contributed by atoms with Gasteiger partial charge in [0.1, 0.15) is 0 Å². The van der Waals surface area contributed by atoms with E-state index in [2.05, 4.69) is 120 Å². The molecule has 2 nitrogen and oxygen atoms in total. The third-order valence-corrected chi connectivity index (χ3v) is 9.55. The first-order chi connectivity index (χ1) is 19.8. The molecule has 0 radical (unpaired) electrons. The van der Waals surface area contributed by atoms with Gasteiger partial charge in [-0.2, -0.15) is 0 Å². The van der Waals surface area contributed by atoms with E-state index in [1.807, 2.05) is 23.9 Å². The quantitative estimate of drug-likeness (QED) is 0.226. The standard InChI is InChI=1S/C37H26N2S/c38-23-24-8-6-11-28(20-24)39-34-19-17-26(25-9-2-1-3-10-25)21-33(34)30-18-16-27(22-35(30)39)29-13-7-14-32-31-12-4-5-15-36(31)40-37(29)32/h1-13,15-23,32,38H,14H2. The van der Waals surface area contributed by atoms with Gasteiger partial charge in [0.25, 0.3) is 0 Å². The summed E-state index contributed by atoms with van der Waals surface area (Å²) in [5.74, 6) is 0.445. The van der Waals surface area contributed by atoms with E-state index in [9.17, 15) is 0 Å². The molecule has 1 aliphatic carbocycles. The van der Waals surface area contributed by atoms with Crippen LogP contribution >= 0.6 is 11.8 Å². The summed E-state index contributed by atoms with van der Waals surface area (Å²) in [6.45, 7) is 0. The van der Waals surface area contributed by atoms with Crippen LogP contribution in [0.2, 0.25) is 0 Å². The SMILES string of the molecule is N=Cc1cccc(-n2c3ccc(-c4ccccc4)cc3c3ccc(C4=C5Sc6ccccc6C5CC=C4)cc32)c1. The fourth-order valence-corrected chi connectivity index (χ4v) is 7.71. The average Bonchev–Trinajstić information content (AvgIpc) is 3.56. The van der Waals surface area contributed by atoms with Crippen molar-refractivity contribution < 1.29 is 0 Å². The van der Waals surface area contributed by atoms with Gasteiger partial charge in [0.05, 0.1) is 11.0 Å². The Hall–Kier alpha value is -4.60. The highest BCUT2D eigenvalue weighted by Gasteiger charge is 2.31. The molecule has 1 N–H and O–H groups in total. The molecule has 6 aromatic rings. The Labute approximate surface area is 237 Å². The van der Waals surface area contributed by atoms with Gasteiger partial charge in [0.2, 0.25) is 0 Å². The van der Waals surface area contributed by atoms with Crippen molar-refractivity contribution >= 4 is 45.4 Å². The molecule has 2 aliphatic rings. The first kappa shape index (κ1) is 23.3. The Morgan fingerprint density at radius 3 is 2.45 bits per heavy atom. The predicted octanol–water partition coefficient (Wildman–Crippen LogP) is 10.0. The molecule has 1 unspecified atom stereocenters. The van der Waals surface area contributed by atoms with Gasteiger partial charge in [-0.25, -0.2) is 0 Å². The Balaban J connectivity index is 1.37. The van der Waals surface area contributed by atoms with E-state index in [0.29, 0.717) is 5.92 Å². The van der Waals surface area contributed by atoms with Crippen molar-refractivity contribution in [3.05, 3.63) is 149 Å². The Bertz CT molecular complexity index is 2030. The van der Waals surface area contributed by atoms with Gasteiger partial charge in [-0.15, -0.1) is 0 Å². The van der Waals surface area contributed by atoms with Crippen LogP contribution in [-0.4, -0.2) is 10.8 Å². The molecule has 190 valence electrons. The van der Waals surface area contributed by atoms with E-state index in [1.165, 1.54) is 65.6 Å². The van der Waals surface area contributed by atoms with Crippen LogP contribution in [0.3, 0.4) is 0 Å². The summed E-state index contributed by atoms with van der Waals surface area (Å²) in [6, 6.07) is 41.5. The zero-order chi connectivity index (χ0) is 26.6. The maximum absolute atomic E-state index is 7.86. The molecule has 0 spiro atoms. The van der Waals surface area contributed by atoms with E-state index in [1.54, 1.807) is 0 Å². The second-order valence-corrected chi connectivity index (χ2v) is 11.6. The molecule has 0 saturated carbocycles. The highest BCUT2D eigenvalue weighted by atomic mass is 32.2. The fraction of sp³-hybridized carbons (Fsp3) is 0.0541. The molecule has 5 aromatic carbocycles. The topological polar surface area (TPSA) is 28.8 Å². The first-order valence-corrected chi connectivity index (χ1v) is 14.5. The van der Waals surface area contributed by atoms with Crippen LogP contribution in [-0.2, 0) is 0 Å². The zero-order valence-electron chi connectivity index (χ0n) is 21.8. The van der Waals surface area contributed by atoms with Gasteiger partial charge in [0.15, 0.2) is 0 Å². The number of allylic oxidation sites excluding steroid dienone is 4. The minimum Gasteiger partial charge on any atom is -0.309 e. The van der Waals surface area contributed by atoms with E-state index < -0.39 is 0 Å². The van der Waals surface area contributed by atoms with Crippen molar-refractivity contribution in [2.45, 2.75) is 17.2 Å². The number of fused-ring (bicyclic) bond motifs is 6. The summed E-state index contributed by atoms with van der Waals surface area (Å²) in [4.78, 5) is 2.85. The minimum atomic E-state index is 0.445. The fourth-order valence-electron chi connectivity index (χ4n) is 6.34. The molecule has 3 heteroatoms. The van der Waals surface area contributed by atoms with Gasteiger partial charge in [0, 0.05) is 38.4 Å². The second-order valence-electron chi connectivity index (χ2n) is 10.5. The highest BCUT2D eigenvalue weighted by Crippen LogP contribution is 2.55. The maximum atomic E-state index is 7.86. The Morgan fingerprint density at radius 2 is 1.55 bits per heavy atom. The lowest BCUT2D eigenvalue weighted by Crippen LogP contribution is -2.01. The van der Waals surface area contributed by atoms with Crippen LogP contribution in [0, 0.1) is 5.41 Å². The van der Waals surface area contributed by atoms with Gasteiger partial charge in [-0.3, -0.25) is 0 Å². The molecule has 1 atom stereocenters. The summed E-state index contributed by atoms with van der Waals surface area (Å²) in [7, 11) is 0. The van der Waals surface area contributed by atoms with E-state index in [0.717, 1.165) is 17.7 Å². The minimum absolute atomic E-state index is 0.445. The van der Waals surface area contributed by atoms with Crippen LogP contribution in [0.25, 0.3) is 44.2 Å². The van der Waals surface area contributed by atoms with Gasteiger partial charge >= 0.3 is 0 Å². The Kier molecular flexibility index (Phi) is 5.39. The van der Waals surface area contributed by atoms with Crippen LogP contribution in [0.4, 0.5) is 0 Å². The van der Waals surface area contributed by atoms with Gasteiger partial charge < -0.3 is 9.98 Å². The number of nitrogens with one attached hydrogen (secondary N) is 1. The number of thioether (sulfide) groups is 1. The monoisotopic (exact) mass is 530 g/mol. The lowest BCUT2D eigenvalue weighted by Gasteiger charge is -2.19. The Morgan fingerprint density at radius 1 is 0.700 bits per heavy atom. The van der Waals surface area contributed by atoms with Crippen molar-refractivity contribution in [3.63, 3.8) is 0 Å². The molecule has 1 aromatic heterocycles. The lowest BCUT2D eigenvalue weighted by molar-refractivity contribution is 0.841. The largest absolute Gasteiger partial charge is 0.309 e. The van der Waals surface area contributed by atoms with Crippen LogP contribution in [0.15, 0.2) is 137 Å². The number of aromatic nitrogens is 1. The number of hydrogen-bond donors (Lipinski definition) is 1. The van der Waals surface area contributed by atoms with Crippen LogP contribution < -0.4 is 0 Å². The summed E-state index contributed by atoms with van der Waals surface area (Å²) >= 11 is 1.94. The van der Waals surface area contributed by atoms with Crippen LogP contribution in [0.1, 0.15) is 29.0 Å². The second kappa shape index (κ2) is 9.25. The van der Waals surface area contributed by atoms with Crippen molar-refractivity contribution in [2.24, 2.45) is 0 Å². The zero-order valence-corrected chi connectivity index (χ0v) is 22.7. The molecule has 40 heavy (non-hydrogen) atoms. The van der Waals surface area contributed by atoms with E-state index in [4.69, 9.17) is 5.41 Å². The van der Waals surface area contributed by atoms with E-state index >= 15 is 0 Å². The average molecular weight is 531 g/mol. The molecule has 0 amide bonds.